The van der Waals surface area contributed by atoms with Crippen molar-refractivity contribution < 1.29 is 9.66 Å². The number of anilines is 1. The number of rotatable bonds is 3. The minimum atomic E-state index is -0.572. The predicted molar refractivity (Wildman–Crippen MR) is 60.7 cm³/mol. The molecule has 0 unspecified atom stereocenters. The van der Waals surface area contributed by atoms with Crippen molar-refractivity contribution in [1.29, 1.82) is 5.41 Å². The number of benzene rings is 1. The molecule has 0 atom stereocenters. The van der Waals surface area contributed by atoms with Crippen LogP contribution in [0.15, 0.2) is 12.1 Å². The van der Waals surface area contributed by atoms with Crippen molar-refractivity contribution in [3.8, 4) is 0 Å². The first-order chi connectivity index (χ1) is 7.47. The molecule has 1 rings (SSSR count). The fourth-order valence-corrected chi connectivity index (χ4v) is 1.34. The van der Waals surface area contributed by atoms with Crippen LogP contribution in [0.4, 0.5) is 11.4 Å². The van der Waals surface area contributed by atoms with Crippen LogP contribution in [0.25, 0.3) is 0 Å². The molecule has 0 saturated heterocycles. The molecule has 0 amide bonds. The van der Waals surface area contributed by atoms with Gasteiger partial charge in [0, 0.05) is 11.6 Å². The Kier molecular flexibility index (Phi) is 3.44. The molecule has 0 aromatic heterocycles. The average molecular weight is 223 g/mol. The van der Waals surface area contributed by atoms with E-state index in [1.807, 2.05) is 0 Å². The lowest BCUT2D eigenvalue weighted by Crippen LogP contribution is -2.08. The first kappa shape index (κ1) is 12.0. The molecule has 0 aliphatic rings. The molecule has 1 aromatic carbocycles. The van der Waals surface area contributed by atoms with Crippen LogP contribution in [0.2, 0.25) is 0 Å². The van der Waals surface area contributed by atoms with Gasteiger partial charge in [0.2, 0.25) is 5.90 Å². The van der Waals surface area contributed by atoms with Crippen LogP contribution < -0.4 is 5.73 Å². The summed E-state index contributed by atoms with van der Waals surface area (Å²) in [5.74, 6) is -0.0805. The topological polar surface area (TPSA) is 102 Å². The lowest BCUT2D eigenvalue weighted by molar-refractivity contribution is -0.383. The van der Waals surface area contributed by atoms with Crippen molar-refractivity contribution in [2.75, 3.05) is 12.3 Å². The SMILES string of the molecule is CCOC(=N)c1cc([N+](=O)[O-])c(N)cc1C. The molecule has 6 heteroatoms. The molecule has 0 aliphatic heterocycles. The van der Waals surface area contributed by atoms with Gasteiger partial charge >= 0.3 is 0 Å². The monoisotopic (exact) mass is 223 g/mol. The third kappa shape index (κ3) is 2.28. The van der Waals surface area contributed by atoms with Gasteiger partial charge in [-0.25, -0.2) is 0 Å². The molecule has 0 bridgehead atoms. The molecule has 16 heavy (non-hydrogen) atoms. The Labute approximate surface area is 92.7 Å². The lowest BCUT2D eigenvalue weighted by Gasteiger charge is -2.09. The van der Waals surface area contributed by atoms with Gasteiger partial charge in [-0.05, 0) is 25.5 Å². The van der Waals surface area contributed by atoms with Gasteiger partial charge in [0.25, 0.3) is 5.69 Å². The molecule has 0 aliphatic carbocycles. The summed E-state index contributed by atoms with van der Waals surface area (Å²) < 4.78 is 5.00. The zero-order valence-corrected chi connectivity index (χ0v) is 9.11. The van der Waals surface area contributed by atoms with Gasteiger partial charge in [-0.2, -0.15) is 0 Å². The molecule has 0 fully saturated rings. The van der Waals surface area contributed by atoms with Gasteiger partial charge in [0.05, 0.1) is 11.5 Å². The molecule has 0 radical (unpaired) electrons. The number of hydrogen-bond acceptors (Lipinski definition) is 5. The van der Waals surface area contributed by atoms with Gasteiger partial charge in [-0.1, -0.05) is 0 Å². The van der Waals surface area contributed by atoms with E-state index in [4.69, 9.17) is 15.9 Å². The van der Waals surface area contributed by atoms with E-state index in [0.29, 0.717) is 17.7 Å². The largest absolute Gasteiger partial charge is 0.478 e. The zero-order valence-electron chi connectivity index (χ0n) is 9.11. The summed E-state index contributed by atoms with van der Waals surface area (Å²) in [6.45, 7) is 3.81. The number of nitrogen functional groups attached to an aromatic ring is 1. The highest BCUT2D eigenvalue weighted by Gasteiger charge is 2.17. The molecule has 0 spiro atoms. The number of hydrogen-bond donors (Lipinski definition) is 2. The zero-order chi connectivity index (χ0) is 12.3. The minimum absolute atomic E-state index is 0.0805. The summed E-state index contributed by atoms with van der Waals surface area (Å²) >= 11 is 0. The smallest absolute Gasteiger partial charge is 0.292 e. The van der Waals surface area contributed by atoms with Crippen molar-refractivity contribution in [2.24, 2.45) is 0 Å². The Hall–Kier alpha value is -2.11. The average Bonchev–Trinajstić information content (AvgIpc) is 2.17. The van der Waals surface area contributed by atoms with Crippen LogP contribution in [-0.2, 0) is 4.74 Å². The van der Waals surface area contributed by atoms with Crippen LogP contribution in [0.5, 0.6) is 0 Å². The molecule has 0 heterocycles. The third-order valence-corrected chi connectivity index (χ3v) is 2.10. The molecular weight excluding hydrogens is 210 g/mol. The molecular formula is C10H13N3O3. The Bertz CT molecular complexity index is 443. The third-order valence-electron chi connectivity index (χ3n) is 2.10. The second-order valence-electron chi connectivity index (χ2n) is 3.25. The first-order valence-electron chi connectivity index (χ1n) is 4.73. The number of ether oxygens (including phenoxy) is 1. The predicted octanol–water partition coefficient (Wildman–Crippen LogP) is 1.85. The standard InChI is InChI=1S/C10H13N3O3/c1-3-16-10(12)7-5-9(13(14)15)8(11)4-6(7)2/h4-5,12H,3,11H2,1-2H3. The Morgan fingerprint density at radius 3 is 2.75 bits per heavy atom. The highest BCUT2D eigenvalue weighted by Crippen LogP contribution is 2.25. The molecule has 86 valence electrons. The van der Waals surface area contributed by atoms with Crippen molar-refractivity contribution in [3.05, 3.63) is 33.4 Å². The maximum Gasteiger partial charge on any atom is 0.292 e. The number of nitro benzene ring substituents is 1. The summed E-state index contributed by atoms with van der Waals surface area (Å²) in [5, 5.41) is 18.3. The summed E-state index contributed by atoms with van der Waals surface area (Å²) in [4.78, 5) is 10.1. The van der Waals surface area contributed by atoms with E-state index in [-0.39, 0.29) is 17.3 Å². The quantitative estimate of drug-likeness (QED) is 0.268. The van der Waals surface area contributed by atoms with E-state index in [1.165, 1.54) is 12.1 Å². The summed E-state index contributed by atoms with van der Waals surface area (Å²) in [6.07, 6.45) is 0. The lowest BCUT2D eigenvalue weighted by atomic mass is 10.1. The number of aryl methyl sites for hydroxylation is 1. The van der Waals surface area contributed by atoms with Crippen LogP contribution in [-0.4, -0.2) is 17.4 Å². The summed E-state index contributed by atoms with van der Waals surface area (Å²) in [6, 6.07) is 2.74. The van der Waals surface area contributed by atoms with E-state index >= 15 is 0 Å². The van der Waals surface area contributed by atoms with Gasteiger partial charge in [-0.3, -0.25) is 15.5 Å². The summed E-state index contributed by atoms with van der Waals surface area (Å²) in [5.41, 5.74) is 6.48. The second kappa shape index (κ2) is 4.61. The number of nitrogens with one attached hydrogen (secondary N) is 1. The van der Waals surface area contributed by atoms with Crippen molar-refractivity contribution >= 4 is 17.3 Å². The van der Waals surface area contributed by atoms with Crippen LogP contribution >= 0.6 is 0 Å². The maximum absolute atomic E-state index is 10.7. The van der Waals surface area contributed by atoms with Crippen LogP contribution in [0.3, 0.4) is 0 Å². The number of nitrogens with zero attached hydrogens (tertiary/aromatic N) is 1. The number of nitrogens with two attached hydrogens (primary N) is 1. The van der Waals surface area contributed by atoms with Crippen LogP contribution in [0.1, 0.15) is 18.1 Å². The fraction of sp³-hybridized carbons (Fsp3) is 0.300. The van der Waals surface area contributed by atoms with Gasteiger partial charge in [0.1, 0.15) is 5.69 Å². The molecule has 0 saturated carbocycles. The van der Waals surface area contributed by atoms with Gasteiger partial charge < -0.3 is 10.5 Å². The van der Waals surface area contributed by atoms with E-state index in [9.17, 15) is 10.1 Å². The minimum Gasteiger partial charge on any atom is -0.478 e. The fourth-order valence-electron chi connectivity index (χ4n) is 1.34. The second-order valence-corrected chi connectivity index (χ2v) is 3.25. The molecule has 6 nitrogen and oxygen atoms in total. The van der Waals surface area contributed by atoms with Gasteiger partial charge in [-0.15, -0.1) is 0 Å². The van der Waals surface area contributed by atoms with E-state index in [0.717, 1.165) is 0 Å². The van der Waals surface area contributed by atoms with Crippen LogP contribution in [0, 0.1) is 22.4 Å². The van der Waals surface area contributed by atoms with E-state index in [1.54, 1.807) is 13.8 Å². The Morgan fingerprint density at radius 1 is 1.62 bits per heavy atom. The Balaban J connectivity index is 3.24. The van der Waals surface area contributed by atoms with Crippen molar-refractivity contribution in [3.63, 3.8) is 0 Å². The molecule has 3 N–H and O–H groups in total. The Morgan fingerprint density at radius 2 is 2.25 bits per heavy atom. The van der Waals surface area contributed by atoms with Gasteiger partial charge in [0.15, 0.2) is 0 Å². The highest BCUT2D eigenvalue weighted by atomic mass is 16.6. The van der Waals surface area contributed by atoms with E-state index < -0.39 is 4.92 Å². The maximum atomic E-state index is 10.7. The number of nitro groups is 1. The van der Waals surface area contributed by atoms with E-state index in [2.05, 4.69) is 0 Å². The van der Waals surface area contributed by atoms with Crippen molar-refractivity contribution in [2.45, 2.75) is 13.8 Å². The highest BCUT2D eigenvalue weighted by molar-refractivity contribution is 5.94. The first-order valence-corrected chi connectivity index (χ1v) is 4.73. The molecule has 1 aromatic rings. The van der Waals surface area contributed by atoms with Crippen molar-refractivity contribution in [1.82, 2.24) is 0 Å². The summed E-state index contributed by atoms with van der Waals surface area (Å²) in [7, 11) is 0. The normalized spacial score (nSPS) is 9.88.